The molecule has 21 heavy (non-hydrogen) atoms. The van der Waals surface area contributed by atoms with E-state index in [9.17, 15) is 4.79 Å². The second-order valence-electron chi connectivity index (χ2n) is 5.67. The van der Waals surface area contributed by atoms with Gasteiger partial charge < -0.3 is 9.26 Å². The van der Waals surface area contributed by atoms with Gasteiger partial charge in [-0.15, -0.1) is 0 Å². The van der Waals surface area contributed by atoms with E-state index < -0.39 is 5.41 Å². The number of methoxy groups -OCH3 is 1. The van der Waals surface area contributed by atoms with Gasteiger partial charge in [0.25, 0.3) is 0 Å². The van der Waals surface area contributed by atoms with Crippen LogP contribution in [0.4, 0.5) is 0 Å². The lowest BCUT2D eigenvalue weighted by molar-refractivity contribution is -0.152. The number of hydrogen-bond acceptors (Lipinski definition) is 4. The van der Waals surface area contributed by atoms with E-state index in [0.29, 0.717) is 24.3 Å². The number of aromatic nitrogens is 1. The summed E-state index contributed by atoms with van der Waals surface area (Å²) in [4.78, 5) is 12.0. The van der Waals surface area contributed by atoms with Crippen LogP contribution in [0.2, 0.25) is 5.02 Å². The standard InChI is InChI=1S/C16H16ClNO3/c1-16(15(19)20-2)8-7-13-12(9-16)14(18-21-13)10-3-5-11(17)6-4-10/h3-6H,7-9H2,1-2H3. The Hall–Kier alpha value is -1.81. The fraction of sp³-hybridized carbons (Fsp3) is 0.375. The predicted molar refractivity (Wildman–Crippen MR) is 79.1 cm³/mol. The van der Waals surface area contributed by atoms with E-state index in [0.717, 1.165) is 22.6 Å². The van der Waals surface area contributed by atoms with Crippen molar-refractivity contribution in [2.24, 2.45) is 5.41 Å². The summed E-state index contributed by atoms with van der Waals surface area (Å²) in [5, 5.41) is 4.85. The summed E-state index contributed by atoms with van der Waals surface area (Å²) in [5.74, 6) is 0.678. The third-order valence-corrected chi connectivity index (χ3v) is 4.39. The molecule has 0 radical (unpaired) electrons. The number of benzene rings is 1. The molecule has 5 heteroatoms. The summed E-state index contributed by atoms with van der Waals surface area (Å²) in [6.07, 6.45) is 1.99. The Morgan fingerprint density at radius 2 is 2.10 bits per heavy atom. The molecular weight excluding hydrogens is 290 g/mol. The molecule has 0 spiro atoms. The zero-order chi connectivity index (χ0) is 15.0. The van der Waals surface area contributed by atoms with E-state index >= 15 is 0 Å². The van der Waals surface area contributed by atoms with Gasteiger partial charge in [-0.3, -0.25) is 4.79 Å². The first-order valence-corrected chi connectivity index (χ1v) is 7.23. The van der Waals surface area contributed by atoms with Crippen molar-refractivity contribution in [1.82, 2.24) is 5.16 Å². The molecule has 0 aliphatic heterocycles. The number of carbonyl (C=O) groups is 1. The molecule has 1 aliphatic carbocycles. The average Bonchev–Trinajstić information content (AvgIpc) is 2.90. The number of nitrogens with zero attached hydrogens (tertiary/aromatic N) is 1. The van der Waals surface area contributed by atoms with Crippen molar-refractivity contribution in [3.05, 3.63) is 40.6 Å². The number of esters is 1. The molecule has 4 nitrogen and oxygen atoms in total. The van der Waals surface area contributed by atoms with E-state index in [-0.39, 0.29) is 5.97 Å². The van der Waals surface area contributed by atoms with Crippen LogP contribution in [-0.4, -0.2) is 18.2 Å². The van der Waals surface area contributed by atoms with Crippen molar-refractivity contribution in [3.8, 4) is 11.3 Å². The van der Waals surface area contributed by atoms with Crippen molar-refractivity contribution in [1.29, 1.82) is 0 Å². The van der Waals surface area contributed by atoms with E-state index in [4.69, 9.17) is 20.9 Å². The first-order valence-electron chi connectivity index (χ1n) is 6.85. The highest BCUT2D eigenvalue weighted by Crippen LogP contribution is 2.40. The Morgan fingerprint density at radius 3 is 2.76 bits per heavy atom. The lowest BCUT2D eigenvalue weighted by atomic mass is 9.74. The Kier molecular flexibility index (Phi) is 3.49. The van der Waals surface area contributed by atoms with Crippen LogP contribution in [0, 0.1) is 5.41 Å². The number of aryl methyl sites for hydroxylation is 1. The molecule has 110 valence electrons. The molecule has 1 aromatic carbocycles. The van der Waals surface area contributed by atoms with Crippen LogP contribution in [0.5, 0.6) is 0 Å². The van der Waals surface area contributed by atoms with Crippen molar-refractivity contribution < 1.29 is 14.1 Å². The Bertz CT molecular complexity index is 677. The predicted octanol–water partition coefficient (Wildman–Crippen LogP) is 3.66. The lowest BCUT2D eigenvalue weighted by Crippen LogP contribution is -2.34. The molecule has 1 aliphatic rings. The second kappa shape index (κ2) is 5.19. The number of fused-ring (bicyclic) bond motifs is 1. The topological polar surface area (TPSA) is 52.3 Å². The minimum atomic E-state index is -0.519. The first kappa shape index (κ1) is 14.1. The monoisotopic (exact) mass is 305 g/mol. The van der Waals surface area contributed by atoms with Gasteiger partial charge in [0.1, 0.15) is 11.5 Å². The largest absolute Gasteiger partial charge is 0.469 e. The fourth-order valence-corrected chi connectivity index (χ4v) is 2.97. The van der Waals surface area contributed by atoms with Crippen LogP contribution >= 0.6 is 11.6 Å². The summed E-state index contributed by atoms with van der Waals surface area (Å²) >= 11 is 5.92. The Labute approximate surface area is 128 Å². The molecule has 0 saturated heterocycles. The van der Waals surface area contributed by atoms with Crippen molar-refractivity contribution >= 4 is 17.6 Å². The van der Waals surface area contributed by atoms with Gasteiger partial charge in [-0.25, -0.2) is 0 Å². The van der Waals surface area contributed by atoms with Gasteiger partial charge in [-0.2, -0.15) is 0 Å². The van der Waals surface area contributed by atoms with Gasteiger partial charge in [-0.05, 0) is 31.9 Å². The van der Waals surface area contributed by atoms with Crippen LogP contribution in [0.3, 0.4) is 0 Å². The molecule has 3 rings (SSSR count). The molecule has 0 amide bonds. The maximum atomic E-state index is 12.0. The van der Waals surface area contributed by atoms with E-state index in [1.165, 1.54) is 7.11 Å². The van der Waals surface area contributed by atoms with Crippen LogP contribution in [0.25, 0.3) is 11.3 Å². The molecule has 1 heterocycles. The van der Waals surface area contributed by atoms with Gasteiger partial charge in [0.2, 0.25) is 0 Å². The van der Waals surface area contributed by atoms with Gasteiger partial charge in [0.05, 0.1) is 12.5 Å². The van der Waals surface area contributed by atoms with Crippen LogP contribution < -0.4 is 0 Å². The van der Waals surface area contributed by atoms with Crippen LogP contribution in [-0.2, 0) is 22.4 Å². The van der Waals surface area contributed by atoms with Crippen molar-refractivity contribution in [2.45, 2.75) is 26.2 Å². The van der Waals surface area contributed by atoms with Gasteiger partial charge in [0.15, 0.2) is 0 Å². The fourth-order valence-electron chi connectivity index (χ4n) is 2.85. The van der Waals surface area contributed by atoms with Gasteiger partial charge in [-0.1, -0.05) is 28.9 Å². The Morgan fingerprint density at radius 1 is 1.38 bits per heavy atom. The molecule has 0 fully saturated rings. The van der Waals surface area contributed by atoms with Gasteiger partial charge >= 0.3 is 5.97 Å². The normalized spacial score (nSPS) is 20.9. The quantitative estimate of drug-likeness (QED) is 0.795. The molecular formula is C16H16ClNO3. The third-order valence-electron chi connectivity index (χ3n) is 4.14. The lowest BCUT2D eigenvalue weighted by Gasteiger charge is -2.29. The highest BCUT2D eigenvalue weighted by Gasteiger charge is 2.40. The zero-order valence-corrected chi connectivity index (χ0v) is 12.7. The highest BCUT2D eigenvalue weighted by atomic mass is 35.5. The number of halogens is 1. The van der Waals surface area contributed by atoms with Crippen molar-refractivity contribution in [2.75, 3.05) is 7.11 Å². The molecule has 1 unspecified atom stereocenters. The number of rotatable bonds is 2. The molecule has 0 N–H and O–H groups in total. The van der Waals surface area contributed by atoms with Gasteiger partial charge in [0, 0.05) is 22.6 Å². The maximum absolute atomic E-state index is 12.0. The third kappa shape index (κ3) is 2.44. The summed E-state index contributed by atoms with van der Waals surface area (Å²) < 4.78 is 10.4. The summed E-state index contributed by atoms with van der Waals surface area (Å²) in [6.45, 7) is 1.93. The summed E-state index contributed by atoms with van der Waals surface area (Å²) in [7, 11) is 1.43. The number of carbonyl (C=O) groups excluding carboxylic acids is 1. The molecule has 0 saturated carbocycles. The number of ether oxygens (including phenoxy) is 1. The molecule has 0 bridgehead atoms. The van der Waals surface area contributed by atoms with E-state index in [1.807, 2.05) is 31.2 Å². The van der Waals surface area contributed by atoms with Crippen LogP contribution in [0.1, 0.15) is 24.7 Å². The van der Waals surface area contributed by atoms with E-state index in [1.54, 1.807) is 0 Å². The van der Waals surface area contributed by atoms with E-state index in [2.05, 4.69) is 5.16 Å². The number of hydrogen-bond donors (Lipinski definition) is 0. The zero-order valence-electron chi connectivity index (χ0n) is 12.0. The van der Waals surface area contributed by atoms with Crippen molar-refractivity contribution in [3.63, 3.8) is 0 Å². The summed E-state index contributed by atoms with van der Waals surface area (Å²) in [6, 6.07) is 7.45. The molecule has 2 aromatic rings. The SMILES string of the molecule is COC(=O)C1(C)CCc2onc(-c3ccc(Cl)cc3)c2C1. The summed E-state index contributed by atoms with van der Waals surface area (Å²) in [5.41, 5.74) is 2.21. The second-order valence-corrected chi connectivity index (χ2v) is 6.11. The first-order chi connectivity index (χ1) is 10.0. The minimum Gasteiger partial charge on any atom is -0.469 e. The van der Waals surface area contributed by atoms with Crippen LogP contribution in [0.15, 0.2) is 28.8 Å². The minimum absolute atomic E-state index is 0.184. The Balaban J connectivity index is 2.00. The highest BCUT2D eigenvalue weighted by molar-refractivity contribution is 6.30. The average molecular weight is 306 g/mol. The molecule has 1 aromatic heterocycles. The molecule has 1 atom stereocenters. The smallest absolute Gasteiger partial charge is 0.311 e. The maximum Gasteiger partial charge on any atom is 0.311 e.